The van der Waals surface area contributed by atoms with Gasteiger partial charge in [-0.1, -0.05) is 80.4 Å². The van der Waals surface area contributed by atoms with Crippen molar-refractivity contribution in [2.24, 2.45) is 0 Å². The third-order valence-corrected chi connectivity index (χ3v) is 4.72. The zero-order valence-corrected chi connectivity index (χ0v) is 15.6. The van der Waals surface area contributed by atoms with E-state index in [1.54, 1.807) is 4.90 Å². The fourth-order valence-electron chi connectivity index (χ4n) is 3.34. The van der Waals surface area contributed by atoms with Crippen molar-refractivity contribution < 1.29 is 19.8 Å². The highest BCUT2D eigenvalue weighted by Crippen LogP contribution is 2.27. The van der Waals surface area contributed by atoms with Crippen molar-refractivity contribution >= 4 is 11.9 Å². The first-order valence-electron chi connectivity index (χ1n) is 9.31. The molecule has 0 aliphatic rings. The average molecular weight is 369 g/mol. The number of nitrogens with zero attached hydrogens (tertiary/aromatic N) is 1. The van der Waals surface area contributed by atoms with Crippen LogP contribution in [-0.4, -0.2) is 46.2 Å². The highest BCUT2D eigenvalue weighted by molar-refractivity contribution is 5.75. The lowest BCUT2D eigenvalue weighted by molar-refractivity contribution is -0.146. The van der Waals surface area contributed by atoms with E-state index in [2.05, 4.69) is 0 Å². The molecular weight excluding hydrogens is 342 g/mol. The molecule has 0 heterocycles. The van der Waals surface area contributed by atoms with Crippen LogP contribution in [0.2, 0.25) is 0 Å². The van der Waals surface area contributed by atoms with E-state index in [-0.39, 0.29) is 12.5 Å². The number of carboxylic acid groups (broad SMARTS) is 2. The molecule has 0 bridgehead atoms. The first-order chi connectivity index (χ1) is 13.0. The molecule has 0 saturated carbocycles. The maximum Gasteiger partial charge on any atom is 0.320 e. The summed E-state index contributed by atoms with van der Waals surface area (Å²) in [5, 5.41) is 19.1. The van der Waals surface area contributed by atoms with Gasteiger partial charge in [0.15, 0.2) is 0 Å². The number of carbonyl (C=O) groups is 2. The average Bonchev–Trinajstić information content (AvgIpc) is 2.66. The molecule has 5 heteroatoms. The van der Waals surface area contributed by atoms with Crippen LogP contribution in [0.4, 0.5) is 0 Å². The van der Waals surface area contributed by atoms with Crippen LogP contribution < -0.4 is 0 Å². The van der Waals surface area contributed by atoms with Crippen molar-refractivity contribution in [2.45, 2.75) is 38.1 Å². The minimum Gasteiger partial charge on any atom is -0.480 e. The molecule has 0 aliphatic heterocycles. The van der Waals surface area contributed by atoms with Crippen LogP contribution in [0, 0.1) is 0 Å². The molecule has 2 N–H and O–H groups in total. The fraction of sp³-hybridized carbons (Fsp3) is 0.364. The minimum absolute atomic E-state index is 0.102. The molecule has 1 atom stereocenters. The molecule has 2 rings (SSSR count). The van der Waals surface area contributed by atoms with Crippen molar-refractivity contribution in [3.63, 3.8) is 0 Å². The number of aliphatic carboxylic acids is 2. The summed E-state index contributed by atoms with van der Waals surface area (Å²) >= 11 is 0. The summed E-state index contributed by atoms with van der Waals surface area (Å²) in [6.07, 6.45) is 2.05. The minimum atomic E-state index is -1.02. The van der Waals surface area contributed by atoms with Gasteiger partial charge in [-0.15, -0.1) is 0 Å². The van der Waals surface area contributed by atoms with Gasteiger partial charge in [0.1, 0.15) is 6.04 Å². The van der Waals surface area contributed by atoms with Gasteiger partial charge in [-0.25, -0.2) is 0 Å². The Morgan fingerprint density at radius 1 is 0.926 bits per heavy atom. The smallest absolute Gasteiger partial charge is 0.320 e. The van der Waals surface area contributed by atoms with E-state index < -0.39 is 18.0 Å². The van der Waals surface area contributed by atoms with Gasteiger partial charge in [0.05, 0.1) is 6.54 Å². The lowest BCUT2D eigenvalue weighted by Crippen LogP contribution is -2.46. The molecule has 144 valence electrons. The standard InChI is InChI=1S/C22H27NO4/c1-2-3-14-20(22(26)27)23(16-21(24)25)15-19(17-10-6-4-7-11-17)18-12-8-5-9-13-18/h4-13,19-20H,2-3,14-16H2,1H3,(H,24,25)(H,26,27). The van der Waals surface area contributed by atoms with E-state index in [4.69, 9.17) is 0 Å². The first-order valence-corrected chi connectivity index (χ1v) is 9.31. The van der Waals surface area contributed by atoms with E-state index in [1.165, 1.54) is 0 Å². The van der Waals surface area contributed by atoms with Gasteiger partial charge >= 0.3 is 11.9 Å². The molecule has 1 unspecified atom stereocenters. The van der Waals surface area contributed by atoms with E-state index in [0.29, 0.717) is 13.0 Å². The second kappa shape index (κ2) is 10.5. The van der Waals surface area contributed by atoms with E-state index in [9.17, 15) is 19.8 Å². The van der Waals surface area contributed by atoms with Gasteiger partial charge in [0, 0.05) is 12.5 Å². The van der Waals surface area contributed by atoms with Crippen molar-refractivity contribution in [3.8, 4) is 0 Å². The van der Waals surface area contributed by atoms with Crippen LogP contribution in [0.15, 0.2) is 60.7 Å². The highest BCUT2D eigenvalue weighted by Gasteiger charge is 2.30. The van der Waals surface area contributed by atoms with Gasteiger partial charge in [-0.05, 0) is 17.5 Å². The predicted molar refractivity (Wildman–Crippen MR) is 105 cm³/mol. The van der Waals surface area contributed by atoms with Crippen molar-refractivity contribution in [1.82, 2.24) is 4.90 Å². The Morgan fingerprint density at radius 2 is 1.44 bits per heavy atom. The van der Waals surface area contributed by atoms with Crippen molar-refractivity contribution in [3.05, 3.63) is 71.8 Å². The maximum absolute atomic E-state index is 11.8. The van der Waals surface area contributed by atoms with Crippen molar-refractivity contribution in [1.29, 1.82) is 0 Å². The van der Waals surface area contributed by atoms with Crippen LogP contribution >= 0.6 is 0 Å². The molecule has 0 aliphatic carbocycles. The highest BCUT2D eigenvalue weighted by atomic mass is 16.4. The lowest BCUT2D eigenvalue weighted by Gasteiger charge is -2.31. The Morgan fingerprint density at radius 3 is 1.85 bits per heavy atom. The predicted octanol–water partition coefficient (Wildman–Crippen LogP) is 3.85. The van der Waals surface area contributed by atoms with Crippen LogP contribution in [0.1, 0.15) is 43.2 Å². The molecule has 0 saturated heterocycles. The fourth-order valence-corrected chi connectivity index (χ4v) is 3.34. The van der Waals surface area contributed by atoms with Crippen LogP contribution in [0.25, 0.3) is 0 Å². The zero-order valence-electron chi connectivity index (χ0n) is 15.6. The second-order valence-corrected chi connectivity index (χ2v) is 6.69. The Labute approximate surface area is 160 Å². The quantitative estimate of drug-likeness (QED) is 0.629. The van der Waals surface area contributed by atoms with Gasteiger partial charge in [0.25, 0.3) is 0 Å². The van der Waals surface area contributed by atoms with Crippen LogP contribution in [0.5, 0.6) is 0 Å². The maximum atomic E-state index is 11.8. The molecule has 5 nitrogen and oxygen atoms in total. The molecule has 0 spiro atoms. The van der Waals surface area contributed by atoms with Gasteiger partial charge in [-0.2, -0.15) is 0 Å². The third kappa shape index (κ3) is 6.22. The van der Waals surface area contributed by atoms with E-state index >= 15 is 0 Å². The number of benzene rings is 2. The third-order valence-electron chi connectivity index (χ3n) is 4.72. The molecule has 2 aromatic rings. The monoisotopic (exact) mass is 369 g/mol. The molecule has 0 radical (unpaired) electrons. The summed E-state index contributed by atoms with van der Waals surface area (Å²) in [7, 11) is 0. The second-order valence-electron chi connectivity index (χ2n) is 6.69. The van der Waals surface area contributed by atoms with Gasteiger partial charge in [0.2, 0.25) is 0 Å². The molecule has 0 aromatic heterocycles. The Bertz CT molecular complexity index is 678. The molecule has 0 amide bonds. The molecule has 0 fully saturated rings. The number of rotatable bonds is 11. The Balaban J connectivity index is 2.37. The first kappa shape index (κ1) is 20.6. The summed E-state index contributed by atoms with van der Waals surface area (Å²) in [6, 6.07) is 18.8. The zero-order chi connectivity index (χ0) is 19.6. The van der Waals surface area contributed by atoms with E-state index in [1.807, 2.05) is 67.6 Å². The number of carboxylic acids is 2. The van der Waals surface area contributed by atoms with Crippen LogP contribution in [0.3, 0.4) is 0 Å². The van der Waals surface area contributed by atoms with Gasteiger partial charge < -0.3 is 10.2 Å². The molecular formula is C22H27NO4. The van der Waals surface area contributed by atoms with E-state index in [0.717, 1.165) is 24.0 Å². The van der Waals surface area contributed by atoms with Crippen LogP contribution in [-0.2, 0) is 9.59 Å². The number of hydrogen-bond acceptors (Lipinski definition) is 3. The summed E-state index contributed by atoms with van der Waals surface area (Å²) < 4.78 is 0. The summed E-state index contributed by atoms with van der Waals surface area (Å²) in [6.45, 7) is 2.04. The lowest BCUT2D eigenvalue weighted by atomic mass is 9.90. The summed E-state index contributed by atoms with van der Waals surface area (Å²) in [5.41, 5.74) is 2.08. The van der Waals surface area contributed by atoms with Crippen molar-refractivity contribution in [2.75, 3.05) is 13.1 Å². The topological polar surface area (TPSA) is 77.8 Å². The largest absolute Gasteiger partial charge is 0.480 e. The van der Waals surface area contributed by atoms with Gasteiger partial charge in [-0.3, -0.25) is 14.5 Å². The number of hydrogen-bond donors (Lipinski definition) is 2. The molecule has 2 aromatic carbocycles. The SMILES string of the molecule is CCCCC(C(=O)O)N(CC(=O)O)CC(c1ccccc1)c1ccccc1. The number of unbranched alkanes of at least 4 members (excludes halogenated alkanes) is 1. The molecule has 27 heavy (non-hydrogen) atoms. The summed E-state index contributed by atoms with van der Waals surface area (Å²) in [4.78, 5) is 24.9. The Kier molecular flexibility index (Phi) is 8.01. The normalized spacial score (nSPS) is 12.3. The summed E-state index contributed by atoms with van der Waals surface area (Å²) in [5.74, 6) is -2.09. The Hall–Kier alpha value is -2.66.